The molecule has 0 saturated carbocycles. The van der Waals surface area contributed by atoms with Crippen LogP contribution < -0.4 is 16.2 Å². The molecule has 4 aliphatic rings. The second-order valence-electron chi connectivity index (χ2n) is 9.26. The van der Waals surface area contributed by atoms with Gasteiger partial charge in [-0.2, -0.15) is 0 Å². The monoisotopic (exact) mass is 384 g/mol. The van der Waals surface area contributed by atoms with Crippen LogP contribution >= 0.6 is 0 Å². The summed E-state index contributed by atoms with van der Waals surface area (Å²) in [5.74, 6) is 1.23. The molecule has 0 aromatic carbocycles. The largest absolute Gasteiger partial charge is 0.352 e. The minimum absolute atomic E-state index is 0.102. The first-order valence-electron chi connectivity index (χ1n) is 11.2. The van der Waals surface area contributed by atoms with Crippen LogP contribution in [0.15, 0.2) is 16.9 Å². The van der Waals surface area contributed by atoms with Crippen molar-refractivity contribution in [3.8, 4) is 0 Å². The molecule has 6 nitrogen and oxygen atoms in total. The molecule has 2 N–H and O–H groups in total. The lowest BCUT2D eigenvalue weighted by molar-refractivity contribution is 0.0575. The summed E-state index contributed by atoms with van der Waals surface area (Å²) in [6.45, 7) is 5.74. The highest BCUT2D eigenvalue weighted by Crippen LogP contribution is 2.32. The zero-order valence-electron chi connectivity index (χ0n) is 16.7. The fourth-order valence-corrected chi connectivity index (χ4v) is 6.10. The van der Waals surface area contributed by atoms with Gasteiger partial charge in [-0.3, -0.25) is 9.59 Å². The second-order valence-corrected chi connectivity index (χ2v) is 9.26. The summed E-state index contributed by atoms with van der Waals surface area (Å²) in [7, 11) is 0. The van der Waals surface area contributed by atoms with Crippen molar-refractivity contribution in [3.05, 3.63) is 33.7 Å². The molecule has 2 bridgehead atoms. The van der Waals surface area contributed by atoms with Crippen LogP contribution in [0.1, 0.15) is 60.5 Å². The molecule has 1 amide bonds. The minimum Gasteiger partial charge on any atom is -0.352 e. The normalized spacial score (nSPS) is 32.3. The van der Waals surface area contributed by atoms with Gasteiger partial charge in [0.2, 0.25) is 0 Å². The van der Waals surface area contributed by atoms with Crippen molar-refractivity contribution >= 4 is 5.91 Å². The van der Waals surface area contributed by atoms with E-state index in [0.717, 1.165) is 31.7 Å². The number of rotatable bonds is 3. The van der Waals surface area contributed by atoms with Crippen LogP contribution in [0.2, 0.25) is 0 Å². The Labute approximate surface area is 166 Å². The van der Waals surface area contributed by atoms with Crippen molar-refractivity contribution < 1.29 is 4.79 Å². The molecule has 28 heavy (non-hydrogen) atoms. The third-order valence-corrected chi connectivity index (χ3v) is 7.51. The van der Waals surface area contributed by atoms with Gasteiger partial charge in [-0.05, 0) is 75.7 Å². The molecule has 4 atom stereocenters. The van der Waals surface area contributed by atoms with E-state index in [0.29, 0.717) is 35.9 Å². The van der Waals surface area contributed by atoms with Gasteiger partial charge < -0.3 is 20.1 Å². The molecule has 0 spiro atoms. The molecule has 5 rings (SSSR count). The molecule has 3 saturated heterocycles. The predicted molar refractivity (Wildman–Crippen MR) is 109 cm³/mol. The molecule has 1 aromatic heterocycles. The van der Waals surface area contributed by atoms with E-state index in [9.17, 15) is 9.59 Å². The van der Waals surface area contributed by atoms with Gasteiger partial charge in [0.05, 0.1) is 0 Å². The van der Waals surface area contributed by atoms with Gasteiger partial charge in [0.15, 0.2) is 0 Å². The van der Waals surface area contributed by atoms with Crippen LogP contribution in [0.3, 0.4) is 0 Å². The summed E-state index contributed by atoms with van der Waals surface area (Å²) in [6.07, 6.45) is 7.40. The summed E-state index contributed by atoms with van der Waals surface area (Å²) >= 11 is 0. The number of pyridine rings is 1. The smallest absolute Gasteiger partial charge is 0.263 e. The summed E-state index contributed by atoms with van der Waals surface area (Å²) in [5, 5.41) is 6.57. The number of piperidine rings is 3. The molecule has 0 aliphatic carbocycles. The number of hydrogen-bond donors (Lipinski definition) is 2. The first-order chi connectivity index (χ1) is 13.7. The third-order valence-electron chi connectivity index (χ3n) is 7.51. The van der Waals surface area contributed by atoms with Gasteiger partial charge in [-0.1, -0.05) is 6.42 Å². The summed E-state index contributed by atoms with van der Waals surface area (Å²) in [6, 6.07) is 4.37. The van der Waals surface area contributed by atoms with E-state index in [1.54, 1.807) is 6.07 Å². The highest BCUT2D eigenvalue weighted by Gasteiger charge is 2.34. The van der Waals surface area contributed by atoms with Gasteiger partial charge >= 0.3 is 0 Å². The number of carbonyl (C=O) groups excluding carboxylic acids is 1. The second kappa shape index (κ2) is 7.64. The first-order valence-corrected chi connectivity index (χ1v) is 11.2. The van der Waals surface area contributed by atoms with Crippen LogP contribution in [-0.4, -0.2) is 54.1 Å². The first kappa shape index (κ1) is 18.4. The molecule has 1 aromatic rings. The Morgan fingerprint density at radius 1 is 1.14 bits per heavy atom. The van der Waals surface area contributed by atoms with E-state index in [2.05, 4.69) is 15.5 Å². The van der Waals surface area contributed by atoms with Crippen LogP contribution in [0.25, 0.3) is 0 Å². The molecule has 4 aliphatic heterocycles. The molecule has 0 radical (unpaired) electrons. The van der Waals surface area contributed by atoms with Gasteiger partial charge in [-0.15, -0.1) is 0 Å². The Bertz CT molecular complexity index is 802. The van der Waals surface area contributed by atoms with Crippen molar-refractivity contribution in [1.82, 2.24) is 20.1 Å². The molecule has 0 unspecified atom stereocenters. The Balaban J connectivity index is 1.29. The highest BCUT2D eigenvalue weighted by atomic mass is 16.2. The number of hydrogen-bond acceptors (Lipinski definition) is 4. The number of aromatic nitrogens is 1. The minimum atomic E-state index is -0.193. The van der Waals surface area contributed by atoms with Crippen molar-refractivity contribution in [1.29, 1.82) is 0 Å². The number of amides is 1. The summed E-state index contributed by atoms with van der Waals surface area (Å²) < 4.78 is 1.87. The fraction of sp³-hybridized carbons (Fsp3) is 0.727. The predicted octanol–water partition coefficient (Wildman–Crippen LogP) is 1.55. The van der Waals surface area contributed by atoms with Crippen LogP contribution in [0.4, 0.5) is 0 Å². The SMILES string of the molecule is O=C(NC[C@@H]1CCCN2CCCC[C@H]12)c1ccc2n(c1=O)C[C@@H]1CNC[C@H]2C1. The fourth-order valence-electron chi connectivity index (χ4n) is 6.10. The van der Waals surface area contributed by atoms with Crippen molar-refractivity contribution in [2.45, 2.75) is 57.0 Å². The van der Waals surface area contributed by atoms with E-state index >= 15 is 0 Å². The maximum atomic E-state index is 13.0. The molecular formula is C22H32N4O2. The average Bonchev–Trinajstić information content (AvgIpc) is 2.73. The zero-order chi connectivity index (χ0) is 19.1. The lowest BCUT2D eigenvalue weighted by Crippen LogP contribution is -2.51. The van der Waals surface area contributed by atoms with E-state index in [1.165, 1.54) is 45.2 Å². The topological polar surface area (TPSA) is 66.4 Å². The van der Waals surface area contributed by atoms with E-state index in [-0.39, 0.29) is 11.5 Å². The van der Waals surface area contributed by atoms with E-state index in [1.807, 2.05) is 10.6 Å². The van der Waals surface area contributed by atoms with Crippen molar-refractivity contribution in [2.24, 2.45) is 11.8 Å². The third kappa shape index (κ3) is 3.30. The van der Waals surface area contributed by atoms with Gasteiger partial charge in [0.25, 0.3) is 11.5 Å². The maximum absolute atomic E-state index is 13.0. The molecule has 152 valence electrons. The maximum Gasteiger partial charge on any atom is 0.263 e. The van der Waals surface area contributed by atoms with Gasteiger partial charge in [-0.25, -0.2) is 0 Å². The number of fused-ring (bicyclic) bond motifs is 5. The Morgan fingerprint density at radius 2 is 2.04 bits per heavy atom. The summed E-state index contributed by atoms with van der Waals surface area (Å²) in [5.41, 5.74) is 1.30. The summed E-state index contributed by atoms with van der Waals surface area (Å²) in [4.78, 5) is 28.5. The highest BCUT2D eigenvalue weighted by molar-refractivity contribution is 5.93. The Kier molecular flexibility index (Phi) is 5.01. The Hall–Kier alpha value is -1.66. The molecule has 3 fully saturated rings. The molecular weight excluding hydrogens is 352 g/mol. The van der Waals surface area contributed by atoms with Gasteiger partial charge in [0.1, 0.15) is 5.56 Å². The standard InChI is InChI=1S/C22H32N4O2/c27-21(24-13-16-4-3-9-25-8-2-1-5-19(16)25)18-6-7-20-17-10-15(11-23-12-17)14-26(20)22(18)28/h6-7,15-17,19,23H,1-5,8-14H2,(H,24,27)/t15-,16-,17+,19+/m0/s1. The number of nitrogens with zero attached hydrogens (tertiary/aromatic N) is 2. The molecule has 5 heterocycles. The van der Waals surface area contributed by atoms with Crippen molar-refractivity contribution in [3.63, 3.8) is 0 Å². The van der Waals surface area contributed by atoms with Crippen molar-refractivity contribution in [2.75, 3.05) is 32.7 Å². The Morgan fingerprint density at radius 3 is 2.96 bits per heavy atom. The quantitative estimate of drug-likeness (QED) is 0.830. The van der Waals surface area contributed by atoms with E-state index in [4.69, 9.17) is 0 Å². The zero-order valence-corrected chi connectivity index (χ0v) is 16.7. The lowest BCUT2D eigenvalue weighted by atomic mass is 9.83. The van der Waals surface area contributed by atoms with Crippen LogP contribution in [0.5, 0.6) is 0 Å². The number of carbonyl (C=O) groups is 1. The van der Waals surface area contributed by atoms with Gasteiger partial charge in [0, 0.05) is 37.3 Å². The average molecular weight is 385 g/mol. The lowest BCUT2D eigenvalue weighted by Gasteiger charge is -2.44. The van der Waals surface area contributed by atoms with Crippen LogP contribution in [0, 0.1) is 11.8 Å². The van der Waals surface area contributed by atoms with E-state index < -0.39 is 0 Å². The molecule has 6 heteroatoms. The number of nitrogens with one attached hydrogen (secondary N) is 2. The van der Waals surface area contributed by atoms with Crippen LogP contribution in [-0.2, 0) is 6.54 Å².